The van der Waals surface area contributed by atoms with E-state index in [2.05, 4.69) is 6.58 Å². The zero-order valence-electron chi connectivity index (χ0n) is 7.46. The van der Waals surface area contributed by atoms with E-state index in [1.54, 1.807) is 24.3 Å². The molecule has 0 radical (unpaired) electrons. The van der Waals surface area contributed by atoms with E-state index in [0.717, 1.165) is 5.76 Å². The number of ether oxygens (including phenoxy) is 1. The predicted molar refractivity (Wildman–Crippen MR) is 51.0 cm³/mol. The van der Waals surface area contributed by atoms with Crippen LogP contribution in [0.25, 0.3) is 0 Å². The zero-order valence-corrected chi connectivity index (χ0v) is 7.46. The van der Waals surface area contributed by atoms with Crippen molar-refractivity contribution in [1.29, 1.82) is 0 Å². The minimum atomic E-state index is -0.266. The molecule has 1 rings (SSSR count). The molecule has 1 nitrogen and oxygen atoms in total. The molecule has 0 unspecified atom stereocenters. The van der Waals surface area contributed by atoms with E-state index in [1.807, 2.05) is 6.92 Å². The lowest BCUT2D eigenvalue weighted by Gasteiger charge is -2.03. The monoisotopic (exact) mass is 178 g/mol. The number of halogens is 1. The summed E-state index contributed by atoms with van der Waals surface area (Å²) in [6, 6.07) is 5.87. The summed E-state index contributed by atoms with van der Waals surface area (Å²) in [5, 5.41) is 0. The fourth-order valence-electron chi connectivity index (χ4n) is 0.889. The molecule has 0 atom stereocenters. The molecule has 0 N–H and O–H groups in total. The summed E-state index contributed by atoms with van der Waals surface area (Å²) in [5.41, 5.74) is 0. The lowest BCUT2D eigenvalue weighted by atomic mass is 10.3. The molecule has 0 aliphatic rings. The molecular weight excluding hydrogens is 167 g/mol. The molecule has 1 aromatic rings. The van der Waals surface area contributed by atoms with Gasteiger partial charge in [0.15, 0.2) is 0 Å². The molecule has 0 aromatic heterocycles. The van der Waals surface area contributed by atoms with Gasteiger partial charge in [0.2, 0.25) is 0 Å². The molecule has 68 valence electrons. The van der Waals surface area contributed by atoms with Gasteiger partial charge in [-0.15, -0.1) is 0 Å². The van der Waals surface area contributed by atoms with Gasteiger partial charge in [0, 0.05) is 0 Å². The largest absolute Gasteiger partial charge is 0.462 e. The van der Waals surface area contributed by atoms with Crippen LogP contribution in [0.2, 0.25) is 0 Å². The van der Waals surface area contributed by atoms with E-state index in [-0.39, 0.29) is 5.82 Å². The summed E-state index contributed by atoms with van der Waals surface area (Å²) in [6.07, 6.45) is 3.38. The molecule has 0 amide bonds. The molecule has 0 aliphatic carbocycles. The molecule has 0 aliphatic heterocycles. The average molecular weight is 178 g/mol. The lowest BCUT2D eigenvalue weighted by molar-refractivity contribution is 0.427. The Labute approximate surface area is 77.2 Å². The van der Waals surface area contributed by atoms with Crippen LogP contribution in [0.5, 0.6) is 5.75 Å². The smallest absolute Gasteiger partial charge is 0.127 e. The molecule has 0 heterocycles. The topological polar surface area (TPSA) is 9.23 Å². The minimum absolute atomic E-state index is 0.266. The van der Waals surface area contributed by atoms with Crippen LogP contribution in [0, 0.1) is 5.82 Å². The molecule has 0 saturated carbocycles. The highest BCUT2D eigenvalue weighted by atomic mass is 19.1. The Balaban J connectivity index is 2.69. The number of rotatable bonds is 3. The zero-order chi connectivity index (χ0) is 9.68. The van der Waals surface area contributed by atoms with Crippen molar-refractivity contribution in [3.8, 4) is 5.75 Å². The Hall–Kier alpha value is -1.57. The van der Waals surface area contributed by atoms with E-state index < -0.39 is 0 Å². The molecule has 0 bridgehead atoms. The summed E-state index contributed by atoms with van der Waals surface area (Å²) in [6.45, 7) is 5.35. The number of benzene rings is 1. The Morgan fingerprint density at radius 1 is 1.38 bits per heavy atom. The fraction of sp³-hybridized carbons (Fsp3) is 0.0909. The normalized spacial score (nSPS) is 11.1. The highest BCUT2D eigenvalue weighted by Crippen LogP contribution is 2.13. The van der Waals surface area contributed by atoms with Gasteiger partial charge in [-0.25, -0.2) is 4.39 Å². The van der Waals surface area contributed by atoms with Crippen LogP contribution < -0.4 is 4.74 Å². The minimum Gasteiger partial charge on any atom is -0.462 e. The summed E-state index contributed by atoms with van der Waals surface area (Å²) in [4.78, 5) is 0. The van der Waals surface area contributed by atoms with Crippen molar-refractivity contribution in [1.82, 2.24) is 0 Å². The molecule has 0 saturated heterocycles. The van der Waals surface area contributed by atoms with Crippen LogP contribution in [0.3, 0.4) is 0 Å². The first-order chi connectivity index (χ1) is 6.22. The fourth-order valence-corrected chi connectivity index (χ4v) is 0.889. The third kappa shape index (κ3) is 3.11. The Morgan fingerprint density at radius 3 is 2.54 bits per heavy atom. The van der Waals surface area contributed by atoms with Gasteiger partial charge in [0.1, 0.15) is 17.3 Å². The quantitative estimate of drug-likeness (QED) is 0.509. The van der Waals surface area contributed by atoms with Gasteiger partial charge in [0.05, 0.1) is 0 Å². The van der Waals surface area contributed by atoms with Crippen LogP contribution in [-0.2, 0) is 0 Å². The van der Waals surface area contributed by atoms with E-state index in [9.17, 15) is 4.39 Å². The van der Waals surface area contributed by atoms with Gasteiger partial charge in [-0.05, 0) is 37.3 Å². The van der Waals surface area contributed by atoms with Crippen molar-refractivity contribution in [3.05, 3.63) is 54.6 Å². The summed E-state index contributed by atoms with van der Waals surface area (Å²) >= 11 is 0. The van der Waals surface area contributed by atoms with Gasteiger partial charge < -0.3 is 4.74 Å². The molecule has 2 heteroatoms. The van der Waals surface area contributed by atoms with E-state index in [4.69, 9.17) is 4.74 Å². The van der Waals surface area contributed by atoms with Crippen LogP contribution in [0.1, 0.15) is 6.92 Å². The van der Waals surface area contributed by atoms with Crippen molar-refractivity contribution >= 4 is 0 Å². The van der Waals surface area contributed by atoms with E-state index >= 15 is 0 Å². The standard InChI is InChI=1S/C11H11FO/c1-3-4-9(2)13-11-7-5-10(12)6-8-11/h3-8H,1H2,2H3. The maximum atomic E-state index is 12.5. The maximum Gasteiger partial charge on any atom is 0.127 e. The first kappa shape index (κ1) is 9.52. The van der Waals surface area contributed by atoms with Crippen LogP contribution in [-0.4, -0.2) is 0 Å². The second-order valence-electron chi connectivity index (χ2n) is 2.57. The Morgan fingerprint density at radius 2 is 2.00 bits per heavy atom. The Kier molecular flexibility index (Phi) is 3.26. The molecular formula is C11H11FO. The van der Waals surface area contributed by atoms with E-state index in [0.29, 0.717) is 5.75 Å². The third-order valence-electron chi connectivity index (χ3n) is 1.45. The van der Waals surface area contributed by atoms with Crippen molar-refractivity contribution in [3.63, 3.8) is 0 Å². The Bertz CT molecular complexity index is 311. The molecule has 1 aromatic carbocycles. The number of hydrogen-bond donors (Lipinski definition) is 0. The van der Waals surface area contributed by atoms with Gasteiger partial charge in [-0.3, -0.25) is 0 Å². The van der Waals surface area contributed by atoms with Crippen molar-refractivity contribution < 1.29 is 9.13 Å². The highest BCUT2D eigenvalue weighted by molar-refractivity contribution is 5.24. The van der Waals surface area contributed by atoms with Gasteiger partial charge in [-0.2, -0.15) is 0 Å². The first-order valence-electron chi connectivity index (χ1n) is 3.95. The third-order valence-corrected chi connectivity index (χ3v) is 1.45. The van der Waals surface area contributed by atoms with Crippen molar-refractivity contribution in [2.45, 2.75) is 6.92 Å². The SMILES string of the molecule is C=CC=C(C)Oc1ccc(F)cc1. The van der Waals surface area contributed by atoms with Gasteiger partial charge in [0.25, 0.3) is 0 Å². The number of allylic oxidation sites excluding steroid dienone is 3. The predicted octanol–water partition coefficient (Wildman–Crippen LogP) is 3.29. The van der Waals surface area contributed by atoms with Crippen LogP contribution >= 0.6 is 0 Å². The van der Waals surface area contributed by atoms with Crippen molar-refractivity contribution in [2.24, 2.45) is 0 Å². The van der Waals surface area contributed by atoms with Crippen molar-refractivity contribution in [2.75, 3.05) is 0 Å². The highest BCUT2D eigenvalue weighted by Gasteiger charge is 1.94. The van der Waals surface area contributed by atoms with Crippen LogP contribution in [0.15, 0.2) is 48.8 Å². The molecule has 0 fully saturated rings. The second-order valence-corrected chi connectivity index (χ2v) is 2.57. The summed E-state index contributed by atoms with van der Waals surface area (Å²) in [7, 11) is 0. The summed E-state index contributed by atoms with van der Waals surface area (Å²) in [5.74, 6) is 1.08. The van der Waals surface area contributed by atoms with Gasteiger partial charge in [-0.1, -0.05) is 12.7 Å². The average Bonchev–Trinajstić information content (AvgIpc) is 2.09. The second kappa shape index (κ2) is 4.45. The maximum absolute atomic E-state index is 12.5. The summed E-state index contributed by atoms with van der Waals surface area (Å²) < 4.78 is 17.8. The lowest BCUT2D eigenvalue weighted by Crippen LogP contribution is -1.89. The first-order valence-corrected chi connectivity index (χ1v) is 3.95. The molecule has 0 spiro atoms. The van der Waals surface area contributed by atoms with E-state index in [1.165, 1.54) is 12.1 Å². The number of hydrogen-bond acceptors (Lipinski definition) is 1. The van der Waals surface area contributed by atoms with Crippen LogP contribution in [0.4, 0.5) is 4.39 Å². The molecule has 13 heavy (non-hydrogen) atoms. The van der Waals surface area contributed by atoms with Gasteiger partial charge >= 0.3 is 0 Å².